The molecule has 1 saturated heterocycles. The first kappa shape index (κ1) is 17.9. The third-order valence-corrected chi connectivity index (χ3v) is 4.67. The molecule has 0 amide bonds. The minimum Gasteiger partial charge on any atom is -0.481 e. The normalized spacial score (nSPS) is 16.5. The number of hydrogen-bond donors (Lipinski definition) is 1. The van der Waals surface area contributed by atoms with Gasteiger partial charge in [0.15, 0.2) is 0 Å². The summed E-state index contributed by atoms with van der Waals surface area (Å²) in [6, 6.07) is 6.39. The molecule has 0 radical (unpaired) electrons. The second-order valence-corrected chi connectivity index (χ2v) is 6.22. The number of nitrogens with zero attached hydrogens (tertiary/aromatic N) is 3. The lowest BCUT2D eigenvalue weighted by Crippen LogP contribution is -2.29. The zero-order valence-electron chi connectivity index (χ0n) is 13.9. The number of rotatable bonds is 4. The second kappa shape index (κ2) is 7.17. The number of esters is 1. The molecule has 0 aliphatic carbocycles. The Morgan fingerprint density at radius 2 is 2.04 bits per heavy atom. The first-order valence-electron chi connectivity index (χ1n) is 7.87. The summed E-state index contributed by atoms with van der Waals surface area (Å²) in [5.41, 5.74) is 0.217. The van der Waals surface area contributed by atoms with Crippen LogP contribution in [0.5, 0.6) is 0 Å². The van der Waals surface area contributed by atoms with Crippen LogP contribution in [-0.2, 0) is 9.53 Å². The Morgan fingerprint density at radius 1 is 1.31 bits per heavy atom. The SMILES string of the molecule is COC(=O)c1ccccc1-n1ncc(N2CCC(C(=O)O)C2)c(Cl)c1=O. The lowest BCUT2D eigenvalue weighted by atomic mass is 10.1. The molecule has 1 aliphatic rings. The van der Waals surface area contributed by atoms with Crippen LogP contribution in [0.15, 0.2) is 35.3 Å². The number of carboxylic acids is 1. The van der Waals surface area contributed by atoms with Gasteiger partial charge in [-0.1, -0.05) is 23.7 Å². The average molecular weight is 378 g/mol. The first-order chi connectivity index (χ1) is 12.4. The zero-order valence-corrected chi connectivity index (χ0v) is 14.6. The summed E-state index contributed by atoms with van der Waals surface area (Å²) in [7, 11) is 1.25. The molecule has 0 spiro atoms. The van der Waals surface area contributed by atoms with E-state index in [1.54, 1.807) is 23.1 Å². The van der Waals surface area contributed by atoms with Crippen LogP contribution in [0.3, 0.4) is 0 Å². The molecule has 8 nitrogen and oxygen atoms in total. The van der Waals surface area contributed by atoms with Gasteiger partial charge in [-0.25, -0.2) is 4.79 Å². The smallest absolute Gasteiger partial charge is 0.340 e. The highest BCUT2D eigenvalue weighted by atomic mass is 35.5. The van der Waals surface area contributed by atoms with Crippen molar-refractivity contribution in [2.45, 2.75) is 6.42 Å². The molecule has 2 heterocycles. The van der Waals surface area contributed by atoms with Gasteiger partial charge in [0.25, 0.3) is 5.56 Å². The molecule has 1 fully saturated rings. The Balaban J connectivity index is 2.01. The predicted molar refractivity (Wildman–Crippen MR) is 94.1 cm³/mol. The van der Waals surface area contributed by atoms with E-state index in [4.69, 9.17) is 21.4 Å². The lowest BCUT2D eigenvalue weighted by molar-refractivity contribution is -0.140. The van der Waals surface area contributed by atoms with Crippen molar-refractivity contribution in [3.63, 3.8) is 0 Å². The van der Waals surface area contributed by atoms with Gasteiger partial charge in [-0.2, -0.15) is 9.78 Å². The number of halogens is 1. The van der Waals surface area contributed by atoms with Crippen molar-refractivity contribution in [1.29, 1.82) is 0 Å². The number of anilines is 1. The number of hydrogen-bond acceptors (Lipinski definition) is 6. The fourth-order valence-electron chi connectivity index (χ4n) is 2.94. The molecule has 1 aliphatic heterocycles. The molecule has 3 rings (SSSR count). The van der Waals surface area contributed by atoms with E-state index in [-0.39, 0.29) is 22.8 Å². The number of methoxy groups -OCH3 is 1. The van der Waals surface area contributed by atoms with Gasteiger partial charge >= 0.3 is 11.9 Å². The first-order valence-corrected chi connectivity index (χ1v) is 8.25. The summed E-state index contributed by atoms with van der Waals surface area (Å²) >= 11 is 6.24. The van der Waals surface area contributed by atoms with Gasteiger partial charge in [0, 0.05) is 13.1 Å². The summed E-state index contributed by atoms with van der Waals surface area (Å²) in [6.07, 6.45) is 1.88. The van der Waals surface area contributed by atoms with Gasteiger partial charge in [0.1, 0.15) is 5.02 Å². The monoisotopic (exact) mass is 377 g/mol. The van der Waals surface area contributed by atoms with Crippen molar-refractivity contribution >= 4 is 29.2 Å². The number of para-hydroxylation sites is 1. The number of benzene rings is 1. The van der Waals surface area contributed by atoms with Crippen LogP contribution >= 0.6 is 11.6 Å². The predicted octanol–water partition coefficient (Wildman–Crippen LogP) is 1.58. The van der Waals surface area contributed by atoms with Crippen LogP contribution in [0.25, 0.3) is 5.69 Å². The molecule has 0 saturated carbocycles. The Kier molecular flexibility index (Phi) is 4.94. The van der Waals surface area contributed by atoms with Gasteiger partial charge in [-0.3, -0.25) is 9.59 Å². The molecular formula is C17H16ClN3O5. The van der Waals surface area contributed by atoms with Crippen molar-refractivity contribution < 1.29 is 19.4 Å². The Bertz CT molecular complexity index is 927. The largest absolute Gasteiger partial charge is 0.481 e. The minimum absolute atomic E-state index is 0.0780. The summed E-state index contributed by atoms with van der Waals surface area (Å²) in [6.45, 7) is 0.736. The summed E-state index contributed by atoms with van der Waals surface area (Å²) in [5.74, 6) is -1.98. The van der Waals surface area contributed by atoms with Gasteiger partial charge in [0.05, 0.1) is 36.2 Å². The molecular weight excluding hydrogens is 362 g/mol. The number of carbonyl (C=O) groups is 2. The minimum atomic E-state index is -0.878. The third-order valence-electron chi connectivity index (χ3n) is 4.32. The Morgan fingerprint density at radius 3 is 2.69 bits per heavy atom. The molecule has 26 heavy (non-hydrogen) atoms. The van der Waals surface area contributed by atoms with E-state index in [1.807, 2.05) is 0 Å². The molecule has 9 heteroatoms. The van der Waals surface area contributed by atoms with Crippen LogP contribution in [0, 0.1) is 5.92 Å². The summed E-state index contributed by atoms with van der Waals surface area (Å²) < 4.78 is 5.76. The van der Waals surface area contributed by atoms with E-state index in [0.29, 0.717) is 18.7 Å². The third kappa shape index (κ3) is 3.15. The molecule has 0 bridgehead atoms. The van der Waals surface area contributed by atoms with Gasteiger partial charge in [-0.05, 0) is 18.6 Å². The number of carbonyl (C=O) groups excluding carboxylic acids is 1. The van der Waals surface area contributed by atoms with Crippen LogP contribution in [0.1, 0.15) is 16.8 Å². The quantitative estimate of drug-likeness (QED) is 0.807. The molecule has 136 valence electrons. The van der Waals surface area contributed by atoms with Crippen molar-refractivity contribution in [2.24, 2.45) is 5.92 Å². The maximum atomic E-state index is 12.7. The maximum absolute atomic E-state index is 12.7. The Hall–Kier alpha value is -2.87. The molecule has 1 unspecified atom stereocenters. The van der Waals surface area contributed by atoms with Crippen LogP contribution in [0.4, 0.5) is 5.69 Å². The molecule has 1 atom stereocenters. The van der Waals surface area contributed by atoms with E-state index >= 15 is 0 Å². The van der Waals surface area contributed by atoms with Crippen molar-refractivity contribution in [3.05, 3.63) is 51.4 Å². The number of ether oxygens (including phenoxy) is 1. The van der Waals surface area contributed by atoms with Crippen molar-refractivity contribution in [1.82, 2.24) is 9.78 Å². The summed E-state index contributed by atoms with van der Waals surface area (Å²) in [5, 5.41) is 13.2. The topological polar surface area (TPSA) is 102 Å². The second-order valence-electron chi connectivity index (χ2n) is 5.84. The van der Waals surface area contributed by atoms with Gasteiger partial charge in [-0.15, -0.1) is 0 Å². The average Bonchev–Trinajstić information content (AvgIpc) is 3.13. The van der Waals surface area contributed by atoms with Crippen molar-refractivity contribution in [2.75, 3.05) is 25.1 Å². The number of carboxylic acid groups (broad SMARTS) is 1. The van der Waals surface area contributed by atoms with E-state index in [2.05, 4.69) is 5.10 Å². The number of aliphatic carboxylic acids is 1. The van der Waals surface area contributed by atoms with E-state index in [0.717, 1.165) is 4.68 Å². The molecule has 1 aromatic heterocycles. The van der Waals surface area contributed by atoms with Gasteiger partial charge < -0.3 is 14.7 Å². The van der Waals surface area contributed by atoms with Crippen LogP contribution in [0.2, 0.25) is 5.02 Å². The highest BCUT2D eigenvalue weighted by molar-refractivity contribution is 6.33. The van der Waals surface area contributed by atoms with Gasteiger partial charge in [0.2, 0.25) is 0 Å². The highest BCUT2D eigenvalue weighted by Crippen LogP contribution is 2.28. The molecule has 1 aromatic carbocycles. The molecule has 2 aromatic rings. The molecule has 1 N–H and O–H groups in total. The highest BCUT2D eigenvalue weighted by Gasteiger charge is 2.30. The van der Waals surface area contributed by atoms with E-state index < -0.39 is 23.4 Å². The lowest BCUT2D eigenvalue weighted by Gasteiger charge is -2.19. The summed E-state index contributed by atoms with van der Waals surface area (Å²) in [4.78, 5) is 37.5. The van der Waals surface area contributed by atoms with Crippen LogP contribution in [-0.4, -0.2) is 47.0 Å². The zero-order chi connectivity index (χ0) is 18.8. The number of aromatic nitrogens is 2. The van der Waals surface area contributed by atoms with E-state index in [9.17, 15) is 14.4 Å². The fraction of sp³-hybridized carbons (Fsp3) is 0.294. The fourth-order valence-corrected chi connectivity index (χ4v) is 3.19. The van der Waals surface area contributed by atoms with E-state index in [1.165, 1.54) is 19.4 Å². The Labute approximate surface area is 153 Å². The maximum Gasteiger partial charge on any atom is 0.340 e. The van der Waals surface area contributed by atoms with Crippen LogP contribution < -0.4 is 10.5 Å². The van der Waals surface area contributed by atoms with Crippen molar-refractivity contribution in [3.8, 4) is 5.69 Å². The standard InChI is InChI=1S/C17H16ClN3O5/c1-26-17(25)11-4-2-3-5-12(11)21-15(22)14(18)13(8-19-21)20-7-6-10(9-20)16(23)24/h2-5,8,10H,6-7,9H2,1H3,(H,23,24).